The number of aliphatic hydroxyl groups excluding tert-OH is 1. The zero-order valence-electron chi connectivity index (χ0n) is 29.3. The molecule has 0 bridgehead atoms. The van der Waals surface area contributed by atoms with Gasteiger partial charge in [-0.05, 0) is 44.4 Å². The minimum atomic E-state index is -4.29. The van der Waals surface area contributed by atoms with Crippen LogP contribution < -0.4 is 26.4 Å². The minimum Gasteiger partial charge on any atom is -0.479 e. The third-order valence-corrected chi connectivity index (χ3v) is 9.72. The molecule has 1 fully saturated rings. The van der Waals surface area contributed by atoms with E-state index in [1.807, 2.05) is 27.7 Å². The van der Waals surface area contributed by atoms with Crippen LogP contribution in [0.25, 0.3) is 0 Å². The molecule has 0 amide bonds. The lowest BCUT2D eigenvalue weighted by molar-refractivity contribution is -0.146. The highest BCUT2D eigenvalue weighted by molar-refractivity contribution is 7.54. The number of nitrogens with one attached hydrogen (secondary N) is 2. The van der Waals surface area contributed by atoms with Gasteiger partial charge in [0, 0.05) is 19.2 Å². The predicted molar refractivity (Wildman–Crippen MR) is 180 cm³/mol. The van der Waals surface area contributed by atoms with Gasteiger partial charge in [0.25, 0.3) is 0 Å². The van der Waals surface area contributed by atoms with E-state index in [0.29, 0.717) is 0 Å². The van der Waals surface area contributed by atoms with Crippen molar-refractivity contribution in [1.29, 1.82) is 0 Å². The fourth-order valence-electron chi connectivity index (χ4n) is 5.32. The van der Waals surface area contributed by atoms with E-state index < -0.39 is 67.9 Å². The molecule has 274 valence electrons. The van der Waals surface area contributed by atoms with Crippen molar-refractivity contribution in [1.82, 2.24) is 20.1 Å². The molecule has 1 aliphatic carbocycles. The van der Waals surface area contributed by atoms with Gasteiger partial charge in [-0.15, -0.1) is 0 Å². The molecule has 1 aromatic heterocycles. The Labute approximate surface area is 282 Å². The number of nitrogen functional groups attached to an aromatic ring is 2. The van der Waals surface area contributed by atoms with Crippen LogP contribution in [0.4, 0.5) is 17.5 Å². The van der Waals surface area contributed by atoms with Crippen LogP contribution in [0, 0.1) is 23.7 Å². The van der Waals surface area contributed by atoms with E-state index in [-0.39, 0.29) is 61.2 Å². The highest BCUT2D eigenvalue weighted by Crippen LogP contribution is 2.53. The molecular formula is C30H54N7O10P. The van der Waals surface area contributed by atoms with Gasteiger partial charge in [0.2, 0.25) is 11.8 Å². The van der Waals surface area contributed by atoms with E-state index >= 15 is 0 Å². The van der Waals surface area contributed by atoms with Crippen molar-refractivity contribution in [3.05, 3.63) is 0 Å². The maximum atomic E-state index is 14.5. The Kier molecular flexibility index (Phi) is 15.6. The highest BCUT2D eigenvalue weighted by Gasteiger charge is 2.66. The zero-order chi connectivity index (χ0) is 36.4. The second kappa shape index (κ2) is 18.2. The second-order valence-corrected chi connectivity index (χ2v) is 14.4. The largest absolute Gasteiger partial charge is 0.479 e. The number of carbonyl (C=O) groups is 2. The quantitative estimate of drug-likeness (QED) is 0.0608. The summed E-state index contributed by atoms with van der Waals surface area (Å²) in [5.74, 6) is -2.60. The zero-order valence-corrected chi connectivity index (χ0v) is 30.2. The number of ether oxygens (including phenoxy) is 4. The Balaban J connectivity index is 2.37. The Bertz CT molecular complexity index is 1260. The first-order valence-electron chi connectivity index (χ1n) is 16.0. The number of hydrogen-bond acceptors (Lipinski definition) is 15. The van der Waals surface area contributed by atoms with Crippen molar-refractivity contribution in [3.63, 3.8) is 0 Å². The molecule has 0 radical (unpaired) electrons. The number of esters is 2. The van der Waals surface area contributed by atoms with E-state index in [2.05, 4.69) is 25.1 Å². The summed E-state index contributed by atoms with van der Waals surface area (Å²) in [6.07, 6.45) is -0.896. The van der Waals surface area contributed by atoms with Crippen LogP contribution in [0.5, 0.6) is 5.88 Å². The third-order valence-electron chi connectivity index (χ3n) is 7.90. The van der Waals surface area contributed by atoms with Gasteiger partial charge in [-0.25, -0.2) is 10.2 Å². The lowest BCUT2D eigenvalue weighted by Crippen LogP contribution is -2.48. The van der Waals surface area contributed by atoms with Crippen molar-refractivity contribution in [2.24, 2.45) is 28.7 Å². The van der Waals surface area contributed by atoms with Crippen molar-refractivity contribution < 1.29 is 47.8 Å². The summed E-state index contributed by atoms with van der Waals surface area (Å²) in [4.78, 5) is 37.9. The third kappa shape index (κ3) is 10.8. The van der Waals surface area contributed by atoms with E-state index in [4.69, 9.17) is 34.9 Å². The van der Waals surface area contributed by atoms with E-state index in [1.54, 1.807) is 20.8 Å². The van der Waals surface area contributed by atoms with Gasteiger partial charge in [0.05, 0.1) is 26.9 Å². The maximum Gasteiger partial charge on any atom is 0.342 e. The van der Waals surface area contributed by atoms with Gasteiger partial charge in [-0.3, -0.25) is 19.1 Å². The average molecular weight is 704 g/mol. The summed E-state index contributed by atoms with van der Waals surface area (Å²) >= 11 is 0. The minimum absolute atomic E-state index is 0.00950. The molecule has 1 aliphatic rings. The van der Waals surface area contributed by atoms with Gasteiger partial charge in [-0.1, -0.05) is 34.6 Å². The Morgan fingerprint density at radius 3 is 1.98 bits per heavy atom. The molecule has 18 heteroatoms. The topological polar surface area (TPSA) is 252 Å². The number of aliphatic hydroxyl groups is 2. The molecule has 48 heavy (non-hydrogen) atoms. The molecule has 8 N–H and O–H groups in total. The Morgan fingerprint density at radius 1 is 1.02 bits per heavy atom. The van der Waals surface area contributed by atoms with Crippen LogP contribution in [0.3, 0.4) is 0 Å². The maximum absolute atomic E-state index is 14.5. The Morgan fingerprint density at radius 2 is 1.54 bits per heavy atom. The first-order chi connectivity index (χ1) is 22.5. The molecular weight excluding hydrogens is 649 g/mol. The number of nitrogens with two attached hydrogens (primary N) is 2. The molecule has 5 unspecified atom stereocenters. The van der Waals surface area contributed by atoms with E-state index in [1.165, 1.54) is 20.4 Å². The van der Waals surface area contributed by atoms with Gasteiger partial charge in [0.15, 0.2) is 11.5 Å². The SMILES string of the molecule is CCOC(=O)[C@H](CC(C)C)NP(=O)(N[C@@H](CC(C)C)C(=O)OCC)OCC(OC)C(O)C1(O)C(C)C1/C=N\c1c(N)nc(N)nc1OC. The molecule has 2 rings (SSSR count). The van der Waals surface area contributed by atoms with Crippen molar-refractivity contribution >= 4 is 43.3 Å². The second-order valence-electron chi connectivity index (χ2n) is 12.5. The number of aliphatic imine (C=N–C) groups is 1. The molecule has 0 aromatic carbocycles. The summed E-state index contributed by atoms with van der Waals surface area (Å²) in [6, 6.07) is -2.13. The lowest BCUT2D eigenvalue weighted by atomic mass is 10.0. The summed E-state index contributed by atoms with van der Waals surface area (Å²) in [5.41, 5.74) is 9.94. The summed E-state index contributed by atoms with van der Waals surface area (Å²) in [6.45, 7) is 12.2. The van der Waals surface area contributed by atoms with Crippen LogP contribution in [-0.2, 0) is 32.9 Å². The van der Waals surface area contributed by atoms with Crippen molar-refractivity contribution in [2.45, 2.75) is 91.2 Å². The number of hydrogen-bond donors (Lipinski definition) is 6. The van der Waals surface area contributed by atoms with Gasteiger partial charge >= 0.3 is 19.6 Å². The van der Waals surface area contributed by atoms with Crippen molar-refractivity contribution in [3.8, 4) is 5.88 Å². The molecule has 0 spiro atoms. The number of anilines is 2. The van der Waals surface area contributed by atoms with E-state index in [0.717, 1.165) is 0 Å². The summed E-state index contributed by atoms with van der Waals surface area (Å²) in [5, 5.41) is 28.4. The van der Waals surface area contributed by atoms with Gasteiger partial charge in [-0.2, -0.15) is 9.97 Å². The highest BCUT2D eigenvalue weighted by atomic mass is 31.2. The number of nitrogens with zero attached hydrogens (tertiary/aromatic N) is 3. The average Bonchev–Trinajstić information content (AvgIpc) is 3.54. The number of carbonyl (C=O) groups excluding carboxylic acids is 2. The van der Waals surface area contributed by atoms with E-state index in [9.17, 15) is 24.4 Å². The molecule has 1 aromatic rings. The molecule has 1 heterocycles. The standard InChI is InChI=1S/C30H54N7O10P/c1-10-45-27(39)20(12-16(3)4)36-48(42,37-21(13-17(5)6)28(40)46-11-2)47-15-22(43-8)24(38)30(41)18(7)19(30)14-33-23-25(31)34-29(32)35-26(23)44-9/h14,16-22,24,38,41H,10-13,15H2,1-9H3,(H2,36,37,42)(H4,31,32,34,35)/b33-14-/t18?,19?,20-,21-,22?,24?,30?/m0/s1. The number of rotatable bonds is 21. The molecule has 0 aliphatic heterocycles. The molecule has 7 atom stereocenters. The van der Waals surface area contributed by atoms with Gasteiger partial charge in [0.1, 0.15) is 29.9 Å². The Hall–Kier alpha value is -2.92. The van der Waals surface area contributed by atoms with Crippen LogP contribution in [0.2, 0.25) is 0 Å². The monoisotopic (exact) mass is 703 g/mol. The summed E-state index contributed by atoms with van der Waals surface area (Å²) < 4.78 is 41.5. The molecule has 17 nitrogen and oxygen atoms in total. The summed E-state index contributed by atoms with van der Waals surface area (Å²) in [7, 11) is -1.64. The van der Waals surface area contributed by atoms with Crippen molar-refractivity contribution in [2.75, 3.05) is 45.5 Å². The first kappa shape index (κ1) is 41.3. The number of aromatic nitrogens is 2. The fourth-order valence-corrected chi connectivity index (χ4v) is 7.15. The van der Waals surface area contributed by atoms with Gasteiger partial charge < -0.3 is 45.2 Å². The normalized spacial score (nSPS) is 22.0. The molecule has 0 saturated heterocycles. The number of methoxy groups -OCH3 is 2. The van der Waals surface area contributed by atoms with Crippen LogP contribution in [0.1, 0.15) is 61.3 Å². The van der Waals surface area contributed by atoms with Crippen LogP contribution in [-0.4, -0.2) is 102 Å². The first-order valence-corrected chi connectivity index (χ1v) is 17.7. The predicted octanol–water partition coefficient (Wildman–Crippen LogP) is 1.98. The van der Waals surface area contributed by atoms with Crippen LogP contribution in [0.15, 0.2) is 4.99 Å². The van der Waals surface area contributed by atoms with Crippen LogP contribution >= 0.6 is 7.67 Å². The lowest BCUT2D eigenvalue weighted by Gasteiger charge is -2.32. The smallest absolute Gasteiger partial charge is 0.342 e. The molecule has 1 saturated carbocycles. The fraction of sp³-hybridized carbons (Fsp3) is 0.767.